The summed E-state index contributed by atoms with van der Waals surface area (Å²) < 4.78 is 0. The highest BCUT2D eigenvalue weighted by Gasteiger charge is 2.09. The molecule has 1 aromatic carbocycles. The molecule has 0 bridgehead atoms. The monoisotopic (exact) mass is 398 g/mol. The van der Waals surface area contributed by atoms with Gasteiger partial charge in [-0.2, -0.15) is 5.10 Å². The average molecular weight is 398 g/mol. The minimum Gasteiger partial charge on any atom is -0.348 e. The molecule has 0 aliphatic heterocycles. The van der Waals surface area contributed by atoms with Gasteiger partial charge < -0.3 is 10.6 Å². The number of nitrogens with zero attached hydrogens (tertiary/aromatic N) is 4. The Labute approximate surface area is 174 Å². The smallest absolute Gasteiger partial charge is 0.253 e. The Morgan fingerprint density at radius 2 is 1.80 bits per heavy atom. The summed E-state index contributed by atoms with van der Waals surface area (Å²) in [6.45, 7) is 4.66. The Hall–Kier alpha value is -3.87. The van der Waals surface area contributed by atoms with Gasteiger partial charge in [-0.3, -0.25) is 9.78 Å². The normalized spacial score (nSPS) is 10.9. The van der Waals surface area contributed by atoms with Crippen molar-refractivity contribution in [1.82, 2.24) is 25.5 Å². The molecule has 7 heteroatoms. The van der Waals surface area contributed by atoms with Crippen LogP contribution in [0.2, 0.25) is 0 Å². The standard InChI is InChI=1S/C23H22N6O/c1-15(2)17-11-22(29-26-14-17)28-21-9-8-19-20(27-21)10-18(13-24-19)23(30)25-12-16-6-4-3-5-7-16/h3-11,13-15H,12H2,1-2H3,(H,25,30)(H,27,28,29). The molecule has 3 aromatic heterocycles. The summed E-state index contributed by atoms with van der Waals surface area (Å²) in [5.74, 6) is 1.40. The summed E-state index contributed by atoms with van der Waals surface area (Å²) in [6, 6.07) is 17.1. The fraction of sp³-hybridized carbons (Fsp3) is 0.174. The SMILES string of the molecule is CC(C)c1cnnc(Nc2ccc3ncc(C(=O)NCc4ccccc4)cc3n2)c1. The van der Waals surface area contributed by atoms with Crippen LogP contribution in [-0.4, -0.2) is 26.1 Å². The molecule has 0 saturated carbocycles. The molecule has 1 amide bonds. The van der Waals surface area contributed by atoms with Gasteiger partial charge in [0, 0.05) is 12.7 Å². The van der Waals surface area contributed by atoms with E-state index in [1.807, 2.05) is 48.5 Å². The second kappa shape index (κ2) is 8.65. The lowest BCUT2D eigenvalue weighted by Crippen LogP contribution is -2.22. The summed E-state index contributed by atoms with van der Waals surface area (Å²) in [7, 11) is 0. The van der Waals surface area contributed by atoms with Crippen molar-refractivity contribution in [3.05, 3.63) is 83.7 Å². The van der Waals surface area contributed by atoms with Gasteiger partial charge in [0.25, 0.3) is 5.91 Å². The van der Waals surface area contributed by atoms with Gasteiger partial charge in [0.05, 0.1) is 22.8 Å². The van der Waals surface area contributed by atoms with E-state index in [1.54, 1.807) is 18.5 Å². The third-order valence-corrected chi connectivity index (χ3v) is 4.69. The Balaban J connectivity index is 1.52. The fourth-order valence-corrected chi connectivity index (χ4v) is 2.97. The number of anilines is 2. The van der Waals surface area contributed by atoms with Crippen molar-refractivity contribution in [2.24, 2.45) is 0 Å². The maximum absolute atomic E-state index is 12.5. The molecule has 0 fully saturated rings. The molecule has 0 radical (unpaired) electrons. The molecular formula is C23H22N6O. The van der Waals surface area contributed by atoms with E-state index < -0.39 is 0 Å². The molecule has 0 atom stereocenters. The molecule has 0 unspecified atom stereocenters. The number of benzene rings is 1. The van der Waals surface area contributed by atoms with Crippen LogP contribution in [0, 0.1) is 0 Å². The number of rotatable bonds is 6. The lowest BCUT2D eigenvalue weighted by Gasteiger charge is -2.09. The van der Waals surface area contributed by atoms with Crippen LogP contribution in [0.1, 0.15) is 41.3 Å². The maximum Gasteiger partial charge on any atom is 0.253 e. The van der Waals surface area contributed by atoms with Crippen LogP contribution in [0.3, 0.4) is 0 Å². The summed E-state index contributed by atoms with van der Waals surface area (Å²) in [5.41, 5.74) is 3.92. The van der Waals surface area contributed by atoms with E-state index in [9.17, 15) is 4.79 Å². The van der Waals surface area contributed by atoms with E-state index in [-0.39, 0.29) is 5.91 Å². The number of fused-ring (bicyclic) bond motifs is 1. The molecule has 150 valence electrons. The van der Waals surface area contributed by atoms with Crippen molar-refractivity contribution in [3.63, 3.8) is 0 Å². The van der Waals surface area contributed by atoms with Gasteiger partial charge in [-0.15, -0.1) is 5.10 Å². The predicted molar refractivity (Wildman–Crippen MR) is 117 cm³/mol. The van der Waals surface area contributed by atoms with E-state index in [0.29, 0.717) is 40.7 Å². The average Bonchev–Trinajstić information content (AvgIpc) is 2.78. The zero-order valence-electron chi connectivity index (χ0n) is 16.8. The summed E-state index contributed by atoms with van der Waals surface area (Å²) >= 11 is 0. The van der Waals surface area contributed by atoms with Crippen molar-refractivity contribution < 1.29 is 4.79 Å². The highest BCUT2D eigenvalue weighted by molar-refractivity contribution is 5.96. The van der Waals surface area contributed by atoms with Gasteiger partial charge in [0.1, 0.15) is 5.82 Å². The minimum atomic E-state index is -0.191. The molecule has 0 saturated heterocycles. The zero-order valence-corrected chi connectivity index (χ0v) is 16.8. The Morgan fingerprint density at radius 1 is 0.967 bits per heavy atom. The van der Waals surface area contributed by atoms with Gasteiger partial charge in [-0.1, -0.05) is 44.2 Å². The van der Waals surface area contributed by atoms with Crippen molar-refractivity contribution in [1.29, 1.82) is 0 Å². The van der Waals surface area contributed by atoms with Gasteiger partial charge in [-0.25, -0.2) is 4.98 Å². The van der Waals surface area contributed by atoms with Crippen LogP contribution in [0.5, 0.6) is 0 Å². The first kappa shape index (κ1) is 19.4. The van der Waals surface area contributed by atoms with Crippen LogP contribution in [0.25, 0.3) is 11.0 Å². The van der Waals surface area contributed by atoms with Gasteiger partial charge in [-0.05, 0) is 41.3 Å². The van der Waals surface area contributed by atoms with E-state index in [4.69, 9.17) is 0 Å². The summed E-state index contributed by atoms with van der Waals surface area (Å²) in [5, 5.41) is 14.2. The molecule has 3 heterocycles. The van der Waals surface area contributed by atoms with Crippen LogP contribution in [-0.2, 0) is 6.54 Å². The Morgan fingerprint density at radius 3 is 2.60 bits per heavy atom. The lowest BCUT2D eigenvalue weighted by atomic mass is 10.1. The molecule has 7 nitrogen and oxygen atoms in total. The summed E-state index contributed by atoms with van der Waals surface area (Å²) in [6.07, 6.45) is 3.32. The van der Waals surface area contributed by atoms with E-state index in [0.717, 1.165) is 11.1 Å². The van der Waals surface area contributed by atoms with Gasteiger partial charge in [0.2, 0.25) is 0 Å². The van der Waals surface area contributed by atoms with Crippen molar-refractivity contribution >= 4 is 28.6 Å². The highest BCUT2D eigenvalue weighted by Crippen LogP contribution is 2.20. The third-order valence-electron chi connectivity index (χ3n) is 4.69. The van der Waals surface area contributed by atoms with Crippen molar-refractivity contribution in [2.45, 2.75) is 26.3 Å². The Kier molecular flexibility index (Phi) is 5.61. The third kappa shape index (κ3) is 4.57. The number of hydrogen-bond acceptors (Lipinski definition) is 6. The first-order valence-electron chi connectivity index (χ1n) is 9.77. The molecule has 2 N–H and O–H groups in total. The molecule has 4 aromatic rings. The topological polar surface area (TPSA) is 92.7 Å². The molecule has 4 rings (SSSR count). The summed E-state index contributed by atoms with van der Waals surface area (Å²) in [4.78, 5) is 21.5. The maximum atomic E-state index is 12.5. The molecule has 30 heavy (non-hydrogen) atoms. The van der Waals surface area contributed by atoms with E-state index >= 15 is 0 Å². The second-order valence-corrected chi connectivity index (χ2v) is 7.28. The first-order chi connectivity index (χ1) is 14.6. The largest absolute Gasteiger partial charge is 0.348 e. The van der Waals surface area contributed by atoms with Crippen molar-refractivity contribution in [3.8, 4) is 0 Å². The number of pyridine rings is 2. The number of aromatic nitrogens is 4. The van der Waals surface area contributed by atoms with Gasteiger partial charge >= 0.3 is 0 Å². The molecule has 0 aliphatic carbocycles. The molecular weight excluding hydrogens is 376 g/mol. The minimum absolute atomic E-state index is 0.191. The second-order valence-electron chi connectivity index (χ2n) is 7.28. The van der Waals surface area contributed by atoms with Crippen LogP contribution < -0.4 is 10.6 Å². The lowest BCUT2D eigenvalue weighted by molar-refractivity contribution is 0.0950. The van der Waals surface area contributed by atoms with Crippen LogP contribution >= 0.6 is 0 Å². The number of hydrogen-bond donors (Lipinski definition) is 2. The number of amides is 1. The van der Waals surface area contributed by atoms with Gasteiger partial charge in [0.15, 0.2) is 5.82 Å². The van der Waals surface area contributed by atoms with E-state index in [2.05, 4.69) is 44.6 Å². The fourth-order valence-electron chi connectivity index (χ4n) is 2.97. The molecule has 0 spiro atoms. The number of carbonyl (C=O) groups is 1. The zero-order chi connectivity index (χ0) is 20.9. The number of nitrogens with one attached hydrogen (secondary N) is 2. The molecule has 0 aliphatic rings. The quantitative estimate of drug-likeness (QED) is 0.505. The van der Waals surface area contributed by atoms with E-state index in [1.165, 1.54) is 0 Å². The van der Waals surface area contributed by atoms with Crippen LogP contribution in [0.4, 0.5) is 11.6 Å². The predicted octanol–water partition coefficient (Wildman–Crippen LogP) is 4.22. The highest BCUT2D eigenvalue weighted by atomic mass is 16.1. The van der Waals surface area contributed by atoms with Crippen LogP contribution in [0.15, 0.2) is 67.0 Å². The number of carbonyl (C=O) groups excluding carboxylic acids is 1. The first-order valence-corrected chi connectivity index (χ1v) is 9.77. The Bertz CT molecular complexity index is 1180. The van der Waals surface area contributed by atoms with Crippen molar-refractivity contribution in [2.75, 3.05) is 5.32 Å².